The van der Waals surface area contributed by atoms with Crippen LogP contribution in [0.15, 0.2) is 30.3 Å². The van der Waals surface area contributed by atoms with Gasteiger partial charge >= 0.3 is 22.4 Å². The van der Waals surface area contributed by atoms with E-state index < -0.39 is 0 Å². The fraction of sp³-hybridized carbons (Fsp3) is 0. The van der Waals surface area contributed by atoms with Gasteiger partial charge in [0.05, 0.1) is 0 Å². The van der Waals surface area contributed by atoms with Gasteiger partial charge in [-0.05, 0) is 5.75 Å². The van der Waals surface area contributed by atoms with Gasteiger partial charge in [-0.1, -0.05) is 18.2 Å². The number of benzene rings is 1. The van der Waals surface area contributed by atoms with Gasteiger partial charge in [0, 0.05) is 0 Å². The molecule has 1 rings (SSSR count). The predicted octanol–water partition coefficient (Wildman–Crippen LogP) is 1.13. The molecule has 0 atom stereocenters. The maximum atomic E-state index is 9.63. The second kappa shape index (κ2) is 5.23. The SMILES string of the molecule is O=[C-]Oc1ccccc1.[Ag+]. The van der Waals surface area contributed by atoms with Gasteiger partial charge in [-0.15, -0.1) is 12.1 Å². The Labute approximate surface area is 74.7 Å². The second-order valence-electron chi connectivity index (χ2n) is 1.50. The van der Waals surface area contributed by atoms with Gasteiger partial charge in [-0.3, -0.25) is 0 Å². The van der Waals surface area contributed by atoms with E-state index in [2.05, 4.69) is 4.74 Å². The maximum absolute atomic E-state index is 9.63. The summed E-state index contributed by atoms with van der Waals surface area (Å²) in [4.78, 5) is 9.63. The molecule has 0 saturated carbocycles. The Morgan fingerprint density at radius 3 is 2.30 bits per heavy atom. The summed E-state index contributed by atoms with van der Waals surface area (Å²) < 4.78 is 4.40. The minimum absolute atomic E-state index is 0. The van der Waals surface area contributed by atoms with Crippen LogP contribution in [0, 0.1) is 0 Å². The smallest absolute Gasteiger partial charge is 0.610 e. The van der Waals surface area contributed by atoms with E-state index in [-0.39, 0.29) is 22.4 Å². The largest absolute Gasteiger partial charge is 1.00 e. The first-order chi connectivity index (χ1) is 4.43. The molecule has 0 radical (unpaired) electrons. The molecule has 0 aliphatic heterocycles. The van der Waals surface area contributed by atoms with Crippen LogP contribution >= 0.6 is 0 Å². The Balaban J connectivity index is 0.000000810. The van der Waals surface area contributed by atoms with Gasteiger partial charge in [0.2, 0.25) is 0 Å². The Morgan fingerprint density at radius 1 is 1.20 bits per heavy atom. The van der Waals surface area contributed by atoms with Crippen molar-refractivity contribution in [3.63, 3.8) is 0 Å². The quantitative estimate of drug-likeness (QED) is 0.561. The molecule has 10 heavy (non-hydrogen) atoms. The molecule has 0 fully saturated rings. The van der Waals surface area contributed by atoms with Crippen molar-refractivity contribution in [2.75, 3.05) is 0 Å². The molecule has 0 aliphatic carbocycles. The van der Waals surface area contributed by atoms with Crippen molar-refractivity contribution in [1.82, 2.24) is 0 Å². The van der Waals surface area contributed by atoms with Crippen molar-refractivity contribution in [3.05, 3.63) is 30.3 Å². The number of hydrogen-bond donors (Lipinski definition) is 0. The molecule has 0 amide bonds. The first-order valence-corrected chi connectivity index (χ1v) is 2.52. The average Bonchev–Trinajstić information content (AvgIpc) is 1.91. The van der Waals surface area contributed by atoms with Crippen molar-refractivity contribution in [1.29, 1.82) is 0 Å². The van der Waals surface area contributed by atoms with Crippen LogP contribution in [0.2, 0.25) is 0 Å². The summed E-state index contributed by atoms with van der Waals surface area (Å²) in [5.41, 5.74) is 0. The van der Waals surface area contributed by atoms with Crippen LogP contribution in [-0.4, -0.2) is 6.47 Å². The summed E-state index contributed by atoms with van der Waals surface area (Å²) in [5.74, 6) is 0.521. The molecular formula is C7H5AgO2. The molecule has 0 heterocycles. The van der Waals surface area contributed by atoms with Crippen LogP contribution in [0.1, 0.15) is 0 Å². The van der Waals surface area contributed by atoms with Gasteiger partial charge in [0.25, 0.3) is 0 Å². The molecule has 0 saturated heterocycles. The van der Waals surface area contributed by atoms with E-state index in [1.807, 2.05) is 6.07 Å². The van der Waals surface area contributed by atoms with E-state index in [1.165, 1.54) is 6.47 Å². The first-order valence-electron chi connectivity index (χ1n) is 2.52. The van der Waals surface area contributed by atoms with Gasteiger partial charge in [-0.25, -0.2) is 0 Å². The molecule has 56 valence electrons. The van der Waals surface area contributed by atoms with E-state index in [1.54, 1.807) is 24.3 Å². The summed E-state index contributed by atoms with van der Waals surface area (Å²) in [6, 6.07) is 8.78. The van der Waals surface area contributed by atoms with Crippen LogP contribution in [0.4, 0.5) is 0 Å². The van der Waals surface area contributed by atoms with Crippen LogP contribution in [0.5, 0.6) is 5.75 Å². The molecule has 0 bridgehead atoms. The van der Waals surface area contributed by atoms with Crippen LogP contribution < -0.4 is 4.74 Å². The topological polar surface area (TPSA) is 26.3 Å². The van der Waals surface area contributed by atoms with Crippen LogP contribution in [0.25, 0.3) is 0 Å². The summed E-state index contributed by atoms with van der Waals surface area (Å²) in [5, 5.41) is 0. The van der Waals surface area contributed by atoms with E-state index in [4.69, 9.17) is 0 Å². The zero-order chi connectivity index (χ0) is 6.53. The van der Waals surface area contributed by atoms with E-state index >= 15 is 0 Å². The summed E-state index contributed by atoms with van der Waals surface area (Å²) in [6.45, 7) is 1.33. The fourth-order valence-electron chi connectivity index (χ4n) is 0.537. The number of carbonyl (C=O) groups excluding carboxylic acids is 1. The van der Waals surface area contributed by atoms with Crippen molar-refractivity contribution in [3.8, 4) is 5.75 Å². The van der Waals surface area contributed by atoms with Crippen molar-refractivity contribution in [2.45, 2.75) is 0 Å². The maximum Gasteiger partial charge on any atom is 1.00 e. The average molecular weight is 229 g/mol. The number of para-hydroxylation sites is 1. The molecule has 0 spiro atoms. The summed E-state index contributed by atoms with van der Waals surface area (Å²) >= 11 is 0. The fourth-order valence-corrected chi connectivity index (χ4v) is 0.537. The normalized spacial score (nSPS) is 7.60. The van der Waals surface area contributed by atoms with E-state index in [9.17, 15) is 4.79 Å². The third-order valence-corrected chi connectivity index (χ3v) is 0.903. The molecule has 0 aromatic heterocycles. The second-order valence-corrected chi connectivity index (χ2v) is 1.50. The minimum atomic E-state index is 0. The first kappa shape index (κ1) is 9.43. The number of ether oxygens (including phenoxy) is 1. The van der Waals surface area contributed by atoms with E-state index in [0.29, 0.717) is 5.75 Å². The molecule has 2 nitrogen and oxygen atoms in total. The molecule has 3 heteroatoms. The zero-order valence-corrected chi connectivity index (χ0v) is 6.49. The predicted molar refractivity (Wildman–Crippen MR) is 32.8 cm³/mol. The minimum Gasteiger partial charge on any atom is -0.610 e. The molecule has 1 aromatic rings. The third kappa shape index (κ3) is 2.82. The zero-order valence-electron chi connectivity index (χ0n) is 5.00. The third-order valence-electron chi connectivity index (χ3n) is 0.903. The summed E-state index contributed by atoms with van der Waals surface area (Å²) in [6.07, 6.45) is 0. The van der Waals surface area contributed by atoms with Crippen molar-refractivity contribution < 1.29 is 31.9 Å². The van der Waals surface area contributed by atoms with Crippen molar-refractivity contribution in [2.24, 2.45) is 0 Å². The monoisotopic (exact) mass is 228 g/mol. The number of hydrogen-bond acceptors (Lipinski definition) is 2. The molecule has 0 aliphatic rings. The Morgan fingerprint density at radius 2 is 1.80 bits per heavy atom. The van der Waals surface area contributed by atoms with Gasteiger partial charge in [0.1, 0.15) is 0 Å². The Hall–Kier alpha value is -0.570. The molecule has 1 aromatic carbocycles. The Kier molecular flexibility index (Phi) is 4.94. The standard InChI is InChI=1S/C7H5O2.Ag/c8-6-9-7-4-2-1-3-5-7;/h1-5H;/q-1;+1. The van der Waals surface area contributed by atoms with Gasteiger partial charge in [-0.2, -0.15) is 0 Å². The van der Waals surface area contributed by atoms with Gasteiger partial charge < -0.3 is 9.53 Å². The van der Waals surface area contributed by atoms with Gasteiger partial charge in [0.15, 0.2) is 6.47 Å². The van der Waals surface area contributed by atoms with Crippen LogP contribution in [0.3, 0.4) is 0 Å². The molecule has 0 unspecified atom stereocenters. The Bertz CT molecular complexity index is 186. The van der Waals surface area contributed by atoms with Crippen molar-refractivity contribution >= 4 is 6.47 Å². The number of rotatable bonds is 2. The van der Waals surface area contributed by atoms with Crippen LogP contribution in [-0.2, 0) is 27.2 Å². The van der Waals surface area contributed by atoms with E-state index in [0.717, 1.165) is 0 Å². The molecule has 0 N–H and O–H groups in total. The molecular weight excluding hydrogens is 224 g/mol. The summed E-state index contributed by atoms with van der Waals surface area (Å²) in [7, 11) is 0.